The lowest BCUT2D eigenvalue weighted by Gasteiger charge is -2.08. The molecule has 6 heteroatoms. The molecule has 0 aliphatic carbocycles. The van der Waals surface area contributed by atoms with Gasteiger partial charge in [-0.2, -0.15) is 0 Å². The number of sulfone groups is 1. The van der Waals surface area contributed by atoms with Crippen LogP contribution in [-0.2, 0) is 9.84 Å². The summed E-state index contributed by atoms with van der Waals surface area (Å²) in [5, 5.41) is 2.71. The van der Waals surface area contributed by atoms with Crippen molar-refractivity contribution in [2.75, 3.05) is 18.1 Å². The molecule has 5 nitrogen and oxygen atoms in total. The van der Waals surface area contributed by atoms with E-state index in [0.29, 0.717) is 18.7 Å². The van der Waals surface area contributed by atoms with Gasteiger partial charge in [-0.3, -0.25) is 4.79 Å². The van der Waals surface area contributed by atoms with E-state index in [1.807, 2.05) is 0 Å². The van der Waals surface area contributed by atoms with Crippen molar-refractivity contribution in [3.05, 3.63) is 23.7 Å². The predicted molar refractivity (Wildman–Crippen MR) is 62.5 cm³/mol. The summed E-state index contributed by atoms with van der Waals surface area (Å²) in [5.41, 5.74) is 0.779. The summed E-state index contributed by atoms with van der Waals surface area (Å²) in [6.45, 7) is 2.18. The molecule has 1 aromatic heterocycles. The molecule has 0 spiro atoms. The van der Waals surface area contributed by atoms with Gasteiger partial charge in [0.15, 0.2) is 15.6 Å². The largest absolute Gasteiger partial charge is 0.459 e. The van der Waals surface area contributed by atoms with Crippen LogP contribution in [-0.4, -0.2) is 32.4 Å². The SMILES string of the molecule is Cc1ccoc1C(=O)NC[C@H]1CCS(=O)(=O)C1. The molecule has 2 rings (SSSR count). The Morgan fingerprint density at radius 3 is 2.88 bits per heavy atom. The van der Waals surface area contributed by atoms with Crippen LogP contribution in [0.15, 0.2) is 16.7 Å². The Morgan fingerprint density at radius 1 is 1.59 bits per heavy atom. The summed E-state index contributed by atoms with van der Waals surface area (Å²) >= 11 is 0. The summed E-state index contributed by atoms with van der Waals surface area (Å²) in [5.74, 6) is 0.444. The Morgan fingerprint density at radius 2 is 2.35 bits per heavy atom. The van der Waals surface area contributed by atoms with Crippen molar-refractivity contribution in [1.82, 2.24) is 5.32 Å². The molecule has 17 heavy (non-hydrogen) atoms. The van der Waals surface area contributed by atoms with Gasteiger partial charge in [0.05, 0.1) is 17.8 Å². The van der Waals surface area contributed by atoms with E-state index in [0.717, 1.165) is 5.56 Å². The normalized spacial score (nSPS) is 22.5. The van der Waals surface area contributed by atoms with E-state index in [1.54, 1.807) is 13.0 Å². The topological polar surface area (TPSA) is 76.4 Å². The van der Waals surface area contributed by atoms with Crippen LogP contribution in [0, 0.1) is 12.8 Å². The molecule has 1 fully saturated rings. The van der Waals surface area contributed by atoms with Crippen LogP contribution in [0.4, 0.5) is 0 Å². The van der Waals surface area contributed by atoms with Crippen molar-refractivity contribution in [2.45, 2.75) is 13.3 Å². The molecule has 94 valence electrons. The Balaban J connectivity index is 1.88. The minimum Gasteiger partial charge on any atom is -0.459 e. The van der Waals surface area contributed by atoms with Gasteiger partial charge < -0.3 is 9.73 Å². The molecule has 2 heterocycles. The van der Waals surface area contributed by atoms with E-state index in [1.165, 1.54) is 6.26 Å². The molecule has 1 amide bonds. The van der Waals surface area contributed by atoms with E-state index >= 15 is 0 Å². The number of furan rings is 1. The van der Waals surface area contributed by atoms with Crippen LogP contribution in [0.2, 0.25) is 0 Å². The Hall–Kier alpha value is -1.30. The first-order valence-electron chi connectivity index (χ1n) is 5.50. The predicted octanol–water partition coefficient (Wildman–Crippen LogP) is 0.753. The minimum absolute atomic E-state index is 0.0271. The van der Waals surface area contributed by atoms with Crippen LogP contribution in [0.1, 0.15) is 22.5 Å². The maximum absolute atomic E-state index is 11.7. The third kappa shape index (κ3) is 2.88. The molecule has 1 saturated heterocycles. The molecule has 0 aromatic carbocycles. The fourth-order valence-corrected chi connectivity index (χ4v) is 3.82. The highest BCUT2D eigenvalue weighted by atomic mass is 32.2. The molecule has 0 bridgehead atoms. The summed E-state index contributed by atoms with van der Waals surface area (Å²) < 4.78 is 27.5. The van der Waals surface area contributed by atoms with E-state index in [4.69, 9.17) is 4.42 Å². The van der Waals surface area contributed by atoms with Gasteiger partial charge in [0.1, 0.15) is 0 Å². The summed E-state index contributed by atoms with van der Waals surface area (Å²) in [6, 6.07) is 1.72. The average molecular weight is 257 g/mol. The van der Waals surface area contributed by atoms with E-state index in [-0.39, 0.29) is 23.3 Å². The first kappa shape index (κ1) is 12.2. The number of carbonyl (C=O) groups excluding carboxylic acids is 1. The van der Waals surface area contributed by atoms with Crippen molar-refractivity contribution in [3.8, 4) is 0 Å². The molecule has 0 unspecified atom stereocenters. The van der Waals surface area contributed by atoms with Crippen LogP contribution in [0.3, 0.4) is 0 Å². The number of amides is 1. The molecule has 1 aromatic rings. The van der Waals surface area contributed by atoms with Crippen LogP contribution >= 0.6 is 0 Å². The van der Waals surface area contributed by atoms with E-state index < -0.39 is 9.84 Å². The van der Waals surface area contributed by atoms with Gasteiger partial charge >= 0.3 is 0 Å². The first-order chi connectivity index (χ1) is 7.98. The van der Waals surface area contributed by atoms with E-state index in [9.17, 15) is 13.2 Å². The van der Waals surface area contributed by atoms with Gasteiger partial charge in [0.25, 0.3) is 5.91 Å². The minimum atomic E-state index is -2.88. The zero-order valence-electron chi connectivity index (χ0n) is 9.60. The van der Waals surface area contributed by atoms with Gasteiger partial charge in [0.2, 0.25) is 0 Å². The quantitative estimate of drug-likeness (QED) is 0.867. The maximum Gasteiger partial charge on any atom is 0.287 e. The summed E-state index contributed by atoms with van der Waals surface area (Å²) in [7, 11) is -2.88. The lowest BCUT2D eigenvalue weighted by molar-refractivity contribution is 0.0920. The van der Waals surface area contributed by atoms with Crippen LogP contribution in [0.25, 0.3) is 0 Å². The van der Waals surface area contributed by atoms with Gasteiger partial charge in [-0.15, -0.1) is 0 Å². The third-order valence-corrected chi connectivity index (χ3v) is 4.78. The van der Waals surface area contributed by atoms with E-state index in [2.05, 4.69) is 5.32 Å². The molecular weight excluding hydrogens is 242 g/mol. The number of carbonyl (C=O) groups is 1. The second-order valence-electron chi connectivity index (χ2n) is 4.41. The zero-order valence-corrected chi connectivity index (χ0v) is 10.4. The lowest BCUT2D eigenvalue weighted by Crippen LogP contribution is -2.29. The number of rotatable bonds is 3. The average Bonchev–Trinajstić information content (AvgIpc) is 2.81. The smallest absolute Gasteiger partial charge is 0.287 e. The maximum atomic E-state index is 11.7. The van der Waals surface area contributed by atoms with Crippen molar-refractivity contribution in [2.24, 2.45) is 5.92 Å². The standard InChI is InChI=1S/C11H15NO4S/c1-8-2-4-16-10(8)11(13)12-6-9-3-5-17(14,15)7-9/h2,4,9H,3,5-7H2,1H3,(H,12,13)/t9-/m1/s1. The Labute approximate surface area is 100 Å². The number of hydrogen-bond donors (Lipinski definition) is 1. The van der Waals surface area contributed by atoms with Crippen molar-refractivity contribution in [1.29, 1.82) is 0 Å². The second kappa shape index (κ2) is 4.52. The van der Waals surface area contributed by atoms with Crippen molar-refractivity contribution < 1.29 is 17.6 Å². The molecule has 1 N–H and O–H groups in total. The van der Waals surface area contributed by atoms with Gasteiger partial charge in [-0.1, -0.05) is 0 Å². The van der Waals surface area contributed by atoms with Gasteiger partial charge in [0, 0.05) is 12.1 Å². The van der Waals surface area contributed by atoms with Crippen molar-refractivity contribution >= 4 is 15.7 Å². The molecule has 1 aliphatic heterocycles. The highest BCUT2D eigenvalue weighted by molar-refractivity contribution is 7.91. The highest BCUT2D eigenvalue weighted by Crippen LogP contribution is 2.17. The monoisotopic (exact) mass is 257 g/mol. The third-order valence-electron chi connectivity index (χ3n) is 2.95. The Kier molecular flexibility index (Phi) is 3.24. The van der Waals surface area contributed by atoms with Crippen LogP contribution in [0.5, 0.6) is 0 Å². The van der Waals surface area contributed by atoms with Gasteiger partial charge in [-0.25, -0.2) is 8.42 Å². The molecular formula is C11H15NO4S. The summed E-state index contributed by atoms with van der Waals surface area (Å²) in [4.78, 5) is 11.7. The number of nitrogens with one attached hydrogen (secondary N) is 1. The Bertz CT molecular complexity index is 517. The number of aryl methyl sites for hydroxylation is 1. The fraction of sp³-hybridized carbons (Fsp3) is 0.545. The zero-order chi connectivity index (χ0) is 12.5. The number of hydrogen-bond acceptors (Lipinski definition) is 4. The highest BCUT2D eigenvalue weighted by Gasteiger charge is 2.28. The molecule has 1 aliphatic rings. The molecule has 1 atom stereocenters. The second-order valence-corrected chi connectivity index (χ2v) is 6.64. The van der Waals surface area contributed by atoms with Crippen molar-refractivity contribution in [3.63, 3.8) is 0 Å². The first-order valence-corrected chi connectivity index (χ1v) is 7.33. The molecule has 0 saturated carbocycles. The fourth-order valence-electron chi connectivity index (χ4n) is 1.96. The lowest BCUT2D eigenvalue weighted by atomic mass is 10.1. The summed E-state index contributed by atoms with van der Waals surface area (Å²) in [6.07, 6.45) is 2.09. The molecule has 0 radical (unpaired) electrons. The van der Waals surface area contributed by atoms with Crippen LogP contribution < -0.4 is 5.32 Å². The van der Waals surface area contributed by atoms with Gasteiger partial charge in [-0.05, 0) is 25.3 Å².